The lowest BCUT2D eigenvalue weighted by molar-refractivity contribution is 0.0972. The average molecular weight is 443 g/mol. The molecule has 1 aliphatic rings. The van der Waals surface area contributed by atoms with Crippen LogP contribution in [0.1, 0.15) is 21.5 Å². The van der Waals surface area contributed by atoms with Crippen LogP contribution in [0, 0.1) is 42.9 Å². The van der Waals surface area contributed by atoms with Crippen molar-refractivity contribution < 1.29 is 26.7 Å². The topological polar surface area (TPSA) is 35.6 Å². The highest BCUT2D eigenvalue weighted by molar-refractivity contribution is 7.80. The zero-order valence-electron chi connectivity index (χ0n) is 16.2. The second-order valence-electron chi connectivity index (χ2n) is 6.97. The van der Waals surface area contributed by atoms with Crippen LogP contribution in [-0.2, 0) is 0 Å². The molecule has 10 heteroatoms. The van der Waals surface area contributed by atoms with Gasteiger partial charge < -0.3 is 9.80 Å². The van der Waals surface area contributed by atoms with E-state index in [2.05, 4.69) is 5.32 Å². The third-order valence-electron chi connectivity index (χ3n) is 4.92. The van der Waals surface area contributed by atoms with E-state index in [-0.39, 0.29) is 37.2 Å². The molecule has 0 aromatic heterocycles. The van der Waals surface area contributed by atoms with Gasteiger partial charge in [-0.15, -0.1) is 0 Å². The Hall–Kier alpha value is -2.75. The van der Waals surface area contributed by atoms with Crippen LogP contribution in [0.25, 0.3) is 0 Å². The van der Waals surface area contributed by atoms with Gasteiger partial charge in [-0.3, -0.25) is 10.1 Å². The van der Waals surface area contributed by atoms with Crippen molar-refractivity contribution >= 4 is 28.9 Å². The summed E-state index contributed by atoms with van der Waals surface area (Å²) < 4.78 is 68.2. The first-order valence-electron chi connectivity index (χ1n) is 9.05. The lowest BCUT2D eigenvalue weighted by Crippen LogP contribution is -2.53. The van der Waals surface area contributed by atoms with Crippen molar-refractivity contribution in [2.24, 2.45) is 0 Å². The van der Waals surface area contributed by atoms with Crippen LogP contribution in [-0.4, -0.2) is 42.1 Å². The average Bonchev–Trinajstić information content (AvgIpc) is 2.71. The Balaban J connectivity index is 1.67. The summed E-state index contributed by atoms with van der Waals surface area (Å²) in [4.78, 5) is 15.1. The number of aryl methyl sites for hydroxylation is 2. The molecule has 1 aliphatic heterocycles. The zero-order valence-corrected chi connectivity index (χ0v) is 17.0. The molecule has 4 nitrogen and oxygen atoms in total. The summed E-state index contributed by atoms with van der Waals surface area (Å²) in [6.45, 7) is 3.88. The number of rotatable bonds is 2. The molecular formula is C20H18F5N3OS. The Kier molecular flexibility index (Phi) is 6.25. The highest BCUT2D eigenvalue weighted by Crippen LogP contribution is 2.30. The Morgan fingerprint density at radius 1 is 0.900 bits per heavy atom. The fraction of sp³-hybridized carbons (Fsp3) is 0.300. The molecule has 2 aromatic rings. The van der Waals surface area contributed by atoms with Gasteiger partial charge in [0.2, 0.25) is 5.82 Å². The molecule has 2 aromatic carbocycles. The Bertz CT molecular complexity index is 993. The molecule has 1 amide bonds. The van der Waals surface area contributed by atoms with Crippen molar-refractivity contribution in [3.63, 3.8) is 0 Å². The molecule has 1 N–H and O–H groups in total. The SMILES string of the molecule is Cc1ccc(C(=O)NC(=S)N2CCN(c3c(F)c(F)c(F)c(F)c3F)CC2)c(C)c1. The summed E-state index contributed by atoms with van der Waals surface area (Å²) in [5.41, 5.74) is 1.29. The molecule has 160 valence electrons. The maximum absolute atomic E-state index is 14.0. The van der Waals surface area contributed by atoms with Crippen molar-refractivity contribution in [2.45, 2.75) is 13.8 Å². The number of halogens is 5. The Morgan fingerprint density at radius 2 is 1.43 bits per heavy atom. The molecule has 30 heavy (non-hydrogen) atoms. The summed E-state index contributed by atoms with van der Waals surface area (Å²) in [6, 6.07) is 5.35. The van der Waals surface area contributed by atoms with Crippen LogP contribution in [0.15, 0.2) is 18.2 Å². The van der Waals surface area contributed by atoms with Gasteiger partial charge in [0.1, 0.15) is 5.69 Å². The maximum atomic E-state index is 14.0. The quantitative estimate of drug-likeness (QED) is 0.331. The van der Waals surface area contributed by atoms with Gasteiger partial charge in [-0.1, -0.05) is 17.7 Å². The van der Waals surface area contributed by atoms with Gasteiger partial charge in [-0.2, -0.15) is 0 Å². The van der Waals surface area contributed by atoms with Crippen molar-refractivity contribution in [1.82, 2.24) is 10.2 Å². The molecule has 1 heterocycles. The van der Waals surface area contributed by atoms with Crippen LogP contribution in [0.3, 0.4) is 0 Å². The summed E-state index contributed by atoms with van der Waals surface area (Å²) in [5.74, 6) is -10.3. The minimum Gasteiger partial charge on any atom is -0.363 e. The Morgan fingerprint density at radius 3 is 1.97 bits per heavy atom. The molecule has 1 saturated heterocycles. The van der Waals surface area contributed by atoms with E-state index in [0.717, 1.165) is 16.0 Å². The summed E-state index contributed by atoms with van der Waals surface area (Å²) in [7, 11) is 0. The number of nitrogens with zero attached hydrogens (tertiary/aromatic N) is 2. The number of hydrogen-bond acceptors (Lipinski definition) is 3. The number of carbonyl (C=O) groups is 1. The first-order chi connectivity index (χ1) is 14.1. The first kappa shape index (κ1) is 21.9. The second-order valence-corrected chi connectivity index (χ2v) is 7.36. The van der Waals surface area contributed by atoms with E-state index in [1.165, 1.54) is 0 Å². The predicted molar refractivity (Wildman–Crippen MR) is 106 cm³/mol. The van der Waals surface area contributed by atoms with Crippen LogP contribution < -0.4 is 10.2 Å². The number of piperazine rings is 1. The third-order valence-corrected chi connectivity index (χ3v) is 5.28. The standard InChI is InChI=1S/C20H18F5N3OS/c1-10-3-4-12(11(2)9-10)19(29)26-20(30)28-7-5-27(6-8-28)18-16(24)14(22)13(21)15(23)17(18)25/h3-4,9H,5-8H2,1-2H3,(H,26,29,30). The van der Waals surface area contributed by atoms with E-state index in [9.17, 15) is 26.7 Å². The van der Waals surface area contributed by atoms with Crippen molar-refractivity contribution in [3.05, 3.63) is 64.0 Å². The van der Waals surface area contributed by atoms with Crippen molar-refractivity contribution in [2.75, 3.05) is 31.1 Å². The highest BCUT2D eigenvalue weighted by Gasteiger charge is 2.31. The maximum Gasteiger partial charge on any atom is 0.257 e. The highest BCUT2D eigenvalue weighted by atomic mass is 32.1. The molecule has 0 bridgehead atoms. The normalized spacial score (nSPS) is 14.1. The minimum absolute atomic E-state index is 0.0437. The summed E-state index contributed by atoms with van der Waals surface area (Å²) in [6.07, 6.45) is 0. The number of thiocarbonyl (C=S) groups is 1. The second kappa shape index (κ2) is 8.55. The van der Waals surface area contributed by atoms with Crippen LogP contribution >= 0.6 is 12.2 Å². The first-order valence-corrected chi connectivity index (χ1v) is 9.46. The predicted octanol–water partition coefficient (Wildman–Crippen LogP) is 3.84. The van der Waals surface area contributed by atoms with Crippen LogP contribution in [0.5, 0.6) is 0 Å². The summed E-state index contributed by atoms with van der Waals surface area (Å²) in [5, 5.41) is 2.73. The van der Waals surface area contributed by atoms with E-state index in [1.54, 1.807) is 24.0 Å². The smallest absolute Gasteiger partial charge is 0.257 e. The van der Waals surface area contributed by atoms with Gasteiger partial charge in [-0.25, -0.2) is 22.0 Å². The molecule has 1 fully saturated rings. The molecule has 0 atom stereocenters. The number of hydrogen-bond donors (Lipinski definition) is 1. The number of benzene rings is 2. The monoisotopic (exact) mass is 443 g/mol. The van der Waals surface area contributed by atoms with E-state index >= 15 is 0 Å². The largest absolute Gasteiger partial charge is 0.363 e. The van der Waals surface area contributed by atoms with E-state index in [4.69, 9.17) is 12.2 Å². The number of amides is 1. The lowest BCUT2D eigenvalue weighted by Gasteiger charge is -2.37. The van der Waals surface area contributed by atoms with Crippen molar-refractivity contribution in [1.29, 1.82) is 0 Å². The molecule has 0 spiro atoms. The molecule has 3 rings (SSSR count). The van der Waals surface area contributed by atoms with Crippen LogP contribution in [0.2, 0.25) is 0 Å². The van der Waals surface area contributed by atoms with Gasteiger partial charge in [0.25, 0.3) is 5.91 Å². The third kappa shape index (κ3) is 4.09. The molecule has 0 unspecified atom stereocenters. The molecular weight excluding hydrogens is 425 g/mol. The summed E-state index contributed by atoms with van der Waals surface area (Å²) >= 11 is 5.24. The zero-order chi connectivity index (χ0) is 22.2. The molecule has 0 aliphatic carbocycles. The fourth-order valence-electron chi connectivity index (χ4n) is 3.32. The van der Waals surface area contributed by atoms with E-state index in [0.29, 0.717) is 5.56 Å². The minimum atomic E-state index is -2.19. The van der Waals surface area contributed by atoms with Gasteiger partial charge in [-0.05, 0) is 37.7 Å². The van der Waals surface area contributed by atoms with Gasteiger partial charge in [0, 0.05) is 31.7 Å². The van der Waals surface area contributed by atoms with Crippen molar-refractivity contribution in [3.8, 4) is 0 Å². The van der Waals surface area contributed by atoms with Crippen LogP contribution in [0.4, 0.5) is 27.6 Å². The van der Waals surface area contributed by atoms with Gasteiger partial charge >= 0.3 is 0 Å². The number of nitrogens with one attached hydrogen (secondary N) is 1. The lowest BCUT2D eigenvalue weighted by atomic mass is 10.1. The van der Waals surface area contributed by atoms with E-state index < -0.39 is 34.8 Å². The molecule has 0 saturated carbocycles. The van der Waals surface area contributed by atoms with E-state index in [1.807, 2.05) is 13.0 Å². The van der Waals surface area contributed by atoms with Gasteiger partial charge in [0.05, 0.1) is 0 Å². The molecule has 0 radical (unpaired) electrons. The fourth-order valence-corrected chi connectivity index (χ4v) is 3.59. The van der Waals surface area contributed by atoms with Gasteiger partial charge in [0.15, 0.2) is 28.4 Å². The number of carbonyl (C=O) groups excluding carboxylic acids is 1. The number of anilines is 1. The Labute approximate surface area is 175 Å².